The fourth-order valence-corrected chi connectivity index (χ4v) is 4.83. The topological polar surface area (TPSA) is 107 Å². The van der Waals surface area contributed by atoms with E-state index in [4.69, 9.17) is 9.47 Å². The first-order chi connectivity index (χ1) is 16.4. The van der Waals surface area contributed by atoms with Crippen molar-refractivity contribution in [2.45, 2.75) is 23.2 Å². The zero-order chi connectivity index (χ0) is 24.2. The van der Waals surface area contributed by atoms with Gasteiger partial charge >= 0.3 is 0 Å². The first-order valence-electron chi connectivity index (χ1n) is 10.9. The largest absolute Gasteiger partial charge is 0.497 e. The number of methoxy groups -OCH3 is 1. The number of carbonyl (C=O) groups excluding carboxylic acids is 1. The smallest absolute Gasteiger partial charge is 0.240 e. The van der Waals surface area contributed by atoms with Crippen LogP contribution >= 0.6 is 0 Å². The van der Waals surface area contributed by atoms with Gasteiger partial charge in [-0.2, -0.15) is 0 Å². The Morgan fingerprint density at radius 1 is 1.00 bits per heavy atom. The molecular formula is C25H27N3O5S. The van der Waals surface area contributed by atoms with Gasteiger partial charge in [0.2, 0.25) is 15.9 Å². The predicted octanol–water partition coefficient (Wildman–Crippen LogP) is 3.35. The third-order valence-corrected chi connectivity index (χ3v) is 7.57. The van der Waals surface area contributed by atoms with Gasteiger partial charge in [0.05, 0.1) is 23.1 Å². The molecule has 0 atom stereocenters. The molecule has 0 bridgehead atoms. The Morgan fingerprint density at radius 2 is 1.68 bits per heavy atom. The van der Waals surface area contributed by atoms with Crippen molar-refractivity contribution in [1.82, 2.24) is 9.71 Å². The molecule has 2 heterocycles. The van der Waals surface area contributed by atoms with Crippen molar-refractivity contribution in [1.29, 1.82) is 0 Å². The van der Waals surface area contributed by atoms with Gasteiger partial charge in [-0.15, -0.1) is 0 Å². The fraction of sp³-hybridized carbons (Fsp3) is 0.280. The number of sulfonamides is 1. The predicted molar refractivity (Wildman–Crippen MR) is 129 cm³/mol. The first-order valence-corrected chi connectivity index (χ1v) is 12.4. The van der Waals surface area contributed by atoms with Crippen molar-refractivity contribution in [3.63, 3.8) is 0 Å². The van der Waals surface area contributed by atoms with Gasteiger partial charge in [-0.3, -0.25) is 4.79 Å². The molecule has 8 nitrogen and oxygen atoms in total. The van der Waals surface area contributed by atoms with Crippen LogP contribution in [0.25, 0.3) is 11.3 Å². The minimum atomic E-state index is -3.52. The zero-order valence-corrected chi connectivity index (χ0v) is 19.9. The number of rotatable bonds is 7. The van der Waals surface area contributed by atoms with Gasteiger partial charge in [0.1, 0.15) is 11.6 Å². The Bertz CT molecular complexity index is 1250. The van der Waals surface area contributed by atoms with Gasteiger partial charge in [0.25, 0.3) is 0 Å². The van der Waals surface area contributed by atoms with Crippen molar-refractivity contribution < 1.29 is 22.7 Å². The van der Waals surface area contributed by atoms with Crippen molar-refractivity contribution >= 4 is 21.7 Å². The molecule has 1 amide bonds. The molecular weight excluding hydrogens is 454 g/mol. The van der Waals surface area contributed by atoms with E-state index in [1.165, 1.54) is 19.2 Å². The lowest BCUT2D eigenvalue weighted by Crippen LogP contribution is -2.45. The van der Waals surface area contributed by atoms with Crippen LogP contribution in [0.3, 0.4) is 0 Å². The van der Waals surface area contributed by atoms with E-state index < -0.39 is 15.4 Å². The summed E-state index contributed by atoms with van der Waals surface area (Å²) in [5, 5.41) is 2.99. The van der Waals surface area contributed by atoms with Crippen molar-refractivity contribution in [2.75, 3.05) is 32.7 Å². The molecule has 0 aliphatic carbocycles. The monoisotopic (exact) mass is 481 g/mol. The lowest BCUT2D eigenvalue weighted by molar-refractivity contribution is -0.125. The van der Waals surface area contributed by atoms with Gasteiger partial charge in [-0.1, -0.05) is 30.3 Å². The molecule has 4 rings (SSSR count). The first kappa shape index (κ1) is 23.9. The van der Waals surface area contributed by atoms with Gasteiger partial charge in [0.15, 0.2) is 0 Å². The number of ether oxygens (including phenoxy) is 2. The Kier molecular flexibility index (Phi) is 6.97. The van der Waals surface area contributed by atoms with Gasteiger partial charge in [-0.05, 0) is 61.9 Å². The lowest BCUT2D eigenvalue weighted by Gasteiger charge is -2.36. The highest BCUT2D eigenvalue weighted by Crippen LogP contribution is 2.37. The summed E-state index contributed by atoms with van der Waals surface area (Å²) in [6.07, 6.45) is 1.12. The van der Waals surface area contributed by atoms with E-state index in [1.807, 2.05) is 30.3 Å². The highest BCUT2D eigenvalue weighted by molar-refractivity contribution is 7.89. The molecule has 1 fully saturated rings. The second-order valence-corrected chi connectivity index (χ2v) is 9.90. The van der Waals surface area contributed by atoms with Crippen LogP contribution in [-0.4, -0.2) is 46.7 Å². The van der Waals surface area contributed by atoms with E-state index in [-0.39, 0.29) is 10.8 Å². The average Bonchev–Trinajstić information content (AvgIpc) is 2.89. The number of aromatic nitrogens is 1. The van der Waals surface area contributed by atoms with E-state index in [1.54, 1.807) is 31.4 Å². The Morgan fingerprint density at radius 3 is 2.29 bits per heavy atom. The molecule has 178 valence electrons. The number of carbonyl (C=O) groups is 1. The van der Waals surface area contributed by atoms with Crippen molar-refractivity contribution in [2.24, 2.45) is 0 Å². The summed E-state index contributed by atoms with van der Waals surface area (Å²) >= 11 is 0. The summed E-state index contributed by atoms with van der Waals surface area (Å²) in [6, 6.07) is 19.3. The maximum absolute atomic E-state index is 13.6. The van der Waals surface area contributed by atoms with Crippen molar-refractivity contribution in [3.05, 3.63) is 72.3 Å². The number of amides is 1. The van der Waals surface area contributed by atoms with Crippen LogP contribution in [0.5, 0.6) is 5.75 Å². The summed E-state index contributed by atoms with van der Waals surface area (Å²) in [6.45, 7) is 0.990. The van der Waals surface area contributed by atoms with Gasteiger partial charge < -0.3 is 14.8 Å². The number of hydrogen-bond acceptors (Lipinski definition) is 6. The molecule has 1 saturated heterocycles. The summed E-state index contributed by atoms with van der Waals surface area (Å²) in [5.41, 5.74) is 1.54. The minimum Gasteiger partial charge on any atom is -0.497 e. The molecule has 2 aromatic carbocycles. The SMILES string of the molecule is CNS(=O)(=O)c1ccc(-c2cccc(NC(=O)C3(c4ccc(OC)cc4)CCOCC3)n2)cc1. The van der Waals surface area contributed by atoms with Gasteiger partial charge in [-0.25, -0.2) is 18.1 Å². The Labute approximate surface area is 199 Å². The number of benzene rings is 2. The molecule has 9 heteroatoms. The number of hydrogen-bond donors (Lipinski definition) is 2. The summed E-state index contributed by atoms with van der Waals surface area (Å²) < 4.78 is 37.0. The molecule has 0 unspecified atom stereocenters. The molecule has 1 aliphatic heterocycles. The van der Waals surface area contributed by atoms with E-state index in [0.717, 1.165) is 16.9 Å². The summed E-state index contributed by atoms with van der Waals surface area (Å²) in [7, 11) is -0.539. The quantitative estimate of drug-likeness (QED) is 0.536. The van der Waals surface area contributed by atoms with Gasteiger partial charge in [0, 0.05) is 18.8 Å². The van der Waals surface area contributed by atoms with Crippen LogP contribution in [-0.2, 0) is 25.0 Å². The third-order valence-electron chi connectivity index (χ3n) is 6.14. The molecule has 1 aromatic heterocycles. The molecule has 0 saturated carbocycles. The minimum absolute atomic E-state index is 0.138. The standard InChI is InChI=1S/C25H27N3O5S/c1-26-34(30,31)21-12-6-18(7-13-21)22-4-3-5-23(27-22)28-24(29)25(14-16-33-17-15-25)19-8-10-20(32-2)11-9-19/h3-13,26H,14-17H2,1-2H3,(H,27,28,29). The number of anilines is 1. The zero-order valence-electron chi connectivity index (χ0n) is 19.1. The van der Waals surface area contributed by atoms with Crippen LogP contribution in [0.2, 0.25) is 0 Å². The molecule has 1 aliphatic rings. The molecule has 0 spiro atoms. The maximum Gasteiger partial charge on any atom is 0.240 e. The number of nitrogens with zero attached hydrogens (tertiary/aromatic N) is 1. The van der Waals surface area contributed by atoms with E-state index in [0.29, 0.717) is 37.6 Å². The van der Waals surface area contributed by atoms with E-state index in [2.05, 4.69) is 15.0 Å². The molecule has 2 N–H and O–H groups in total. The fourth-order valence-electron chi connectivity index (χ4n) is 4.10. The Balaban J connectivity index is 1.59. The van der Waals surface area contributed by atoms with Crippen LogP contribution in [0, 0.1) is 0 Å². The number of pyridine rings is 1. The lowest BCUT2D eigenvalue weighted by atomic mass is 9.73. The third kappa shape index (κ3) is 4.82. The van der Waals surface area contributed by atoms with Crippen LogP contribution < -0.4 is 14.8 Å². The van der Waals surface area contributed by atoms with Crippen LogP contribution in [0.1, 0.15) is 18.4 Å². The van der Waals surface area contributed by atoms with Crippen LogP contribution in [0.4, 0.5) is 5.82 Å². The van der Waals surface area contributed by atoms with Crippen molar-refractivity contribution in [3.8, 4) is 17.0 Å². The number of nitrogens with one attached hydrogen (secondary N) is 2. The molecule has 0 radical (unpaired) electrons. The van der Waals surface area contributed by atoms with E-state index >= 15 is 0 Å². The second-order valence-electron chi connectivity index (χ2n) is 8.02. The maximum atomic E-state index is 13.6. The summed E-state index contributed by atoms with van der Waals surface area (Å²) in [5.74, 6) is 1.02. The molecule has 3 aromatic rings. The Hall–Kier alpha value is -3.27. The van der Waals surface area contributed by atoms with E-state index in [9.17, 15) is 13.2 Å². The normalized spacial score (nSPS) is 15.5. The summed E-state index contributed by atoms with van der Waals surface area (Å²) in [4.78, 5) is 18.3. The second kappa shape index (κ2) is 9.92. The molecule has 34 heavy (non-hydrogen) atoms. The van der Waals surface area contributed by atoms with Crippen LogP contribution in [0.15, 0.2) is 71.6 Å². The highest BCUT2D eigenvalue weighted by Gasteiger charge is 2.42. The average molecular weight is 482 g/mol. The highest BCUT2D eigenvalue weighted by atomic mass is 32.2.